The Morgan fingerprint density at radius 1 is 1.12 bits per heavy atom. The molecule has 1 aromatic carbocycles. The molecular formula is C17H15N4O4S-. The van der Waals surface area contributed by atoms with Crippen molar-refractivity contribution >= 4 is 28.8 Å². The summed E-state index contributed by atoms with van der Waals surface area (Å²) < 4.78 is 2.19. The highest BCUT2D eigenvalue weighted by Crippen LogP contribution is 2.28. The standard InChI is InChI=1S/C17H16N4O4S/c1-9(16(23)24)26-14-11-13(20(2)17(25)21(3)15(11)22)18-12(19-14)10-7-5-4-6-8-10/h4-9H,1-3H3,(H,23,24)/p-1/t9-/m0/s1. The van der Waals surface area contributed by atoms with E-state index in [-0.39, 0.29) is 16.1 Å². The molecule has 0 unspecified atom stereocenters. The molecule has 0 saturated heterocycles. The first-order valence-corrected chi connectivity index (χ1v) is 8.60. The summed E-state index contributed by atoms with van der Waals surface area (Å²) in [5.74, 6) is -0.973. The van der Waals surface area contributed by atoms with Crippen LogP contribution in [-0.2, 0) is 18.9 Å². The number of aryl methyl sites for hydroxylation is 1. The van der Waals surface area contributed by atoms with E-state index in [4.69, 9.17) is 0 Å². The van der Waals surface area contributed by atoms with Gasteiger partial charge in [-0.25, -0.2) is 14.8 Å². The number of carboxylic acids is 1. The van der Waals surface area contributed by atoms with Gasteiger partial charge in [0, 0.05) is 24.9 Å². The molecule has 0 aliphatic rings. The second-order valence-corrected chi connectivity index (χ2v) is 7.03. The molecule has 2 aromatic heterocycles. The van der Waals surface area contributed by atoms with Gasteiger partial charge in [-0.2, -0.15) is 0 Å². The fourth-order valence-corrected chi connectivity index (χ4v) is 3.31. The smallest absolute Gasteiger partial charge is 0.332 e. The highest BCUT2D eigenvalue weighted by molar-refractivity contribution is 8.00. The Kier molecular flexibility index (Phi) is 4.64. The Labute approximate surface area is 152 Å². The van der Waals surface area contributed by atoms with Gasteiger partial charge >= 0.3 is 5.69 Å². The lowest BCUT2D eigenvalue weighted by atomic mass is 10.2. The van der Waals surface area contributed by atoms with Crippen LogP contribution in [0.1, 0.15) is 6.92 Å². The van der Waals surface area contributed by atoms with Gasteiger partial charge in [0.2, 0.25) is 0 Å². The summed E-state index contributed by atoms with van der Waals surface area (Å²) >= 11 is 0.886. The zero-order valence-electron chi connectivity index (χ0n) is 14.3. The lowest BCUT2D eigenvalue weighted by Crippen LogP contribution is -2.38. The van der Waals surface area contributed by atoms with Crippen molar-refractivity contribution in [3.63, 3.8) is 0 Å². The average molecular weight is 371 g/mol. The zero-order chi connectivity index (χ0) is 19.0. The Morgan fingerprint density at radius 3 is 2.38 bits per heavy atom. The van der Waals surface area contributed by atoms with Gasteiger partial charge in [0.15, 0.2) is 11.5 Å². The molecule has 8 nitrogen and oxygen atoms in total. The maximum absolute atomic E-state index is 12.6. The first-order valence-electron chi connectivity index (χ1n) is 7.72. The molecule has 3 rings (SSSR count). The third kappa shape index (κ3) is 3.01. The van der Waals surface area contributed by atoms with Crippen LogP contribution in [0.5, 0.6) is 0 Å². The van der Waals surface area contributed by atoms with E-state index in [1.165, 1.54) is 25.6 Å². The Morgan fingerprint density at radius 2 is 1.77 bits per heavy atom. The van der Waals surface area contributed by atoms with Crippen molar-refractivity contribution in [2.45, 2.75) is 17.2 Å². The highest BCUT2D eigenvalue weighted by atomic mass is 32.2. The minimum Gasteiger partial charge on any atom is -0.549 e. The number of nitrogens with zero attached hydrogens (tertiary/aromatic N) is 4. The molecule has 26 heavy (non-hydrogen) atoms. The zero-order valence-corrected chi connectivity index (χ0v) is 15.1. The van der Waals surface area contributed by atoms with E-state index in [1.807, 2.05) is 18.2 Å². The normalized spacial score (nSPS) is 12.3. The molecule has 0 aliphatic carbocycles. The van der Waals surface area contributed by atoms with Gasteiger partial charge in [-0.05, 0) is 6.92 Å². The summed E-state index contributed by atoms with van der Waals surface area (Å²) in [5, 5.41) is 10.5. The first-order chi connectivity index (χ1) is 12.3. The third-order valence-electron chi connectivity index (χ3n) is 3.92. The van der Waals surface area contributed by atoms with Crippen molar-refractivity contribution in [2.75, 3.05) is 0 Å². The van der Waals surface area contributed by atoms with Crippen LogP contribution in [0.25, 0.3) is 22.4 Å². The number of benzene rings is 1. The number of thioether (sulfide) groups is 1. The predicted molar refractivity (Wildman–Crippen MR) is 95.8 cm³/mol. The number of hydrogen-bond donors (Lipinski definition) is 0. The molecule has 0 aliphatic heterocycles. The molecular weight excluding hydrogens is 356 g/mol. The van der Waals surface area contributed by atoms with Crippen LogP contribution in [0.15, 0.2) is 44.9 Å². The molecule has 0 spiro atoms. The summed E-state index contributed by atoms with van der Waals surface area (Å²) in [5.41, 5.74) is -0.259. The van der Waals surface area contributed by atoms with E-state index in [0.717, 1.165) is 16.3 Å². The predicted octanol–water partition coefficient (Wildman–Crippen LogP) is -0.0753. The van der Waals surface area contributed by atoms with E-state index in [1.54, 1.807) is 12.1 Å². The minimum absolute atomic E-state index is 0.104. The molecule has 3 aromatic rings. The second-order valence-electron chi connectivity index (χ2n) is 5.70. The maximum Gasteiger partial charge on any atom is 0.332 e. The van der Waals surface area contributed by atoms with Crippen LogP contribution in [0.3, 0.4) is 0 Å². The van der Waals surface area contributed by atoms with Crippen molar-refractivity contribution in [3.05, 3.63) is 51.2 Å². The first kappa shape index (κ1) is 17.9. The van der Waals surface area contributed by atoms with Crippen molar-refractivity contribution < 1.29 is 9.90 Å². The van der Waals surface area contributed by atoms with E-state index in [0.29, 0.717) is 11.4 Å². The van der Waals surface area contributed by atoms with Crippen LogP contribution in [0.4, 0.5) is 0 Å². The molecule has 0 N–H and O–H groups in total. The minimum atomic E-state index is -1.27. The molecule has 134 valence electrons. The van der Waals surface area contributed by atoms with Gasteiger partial charge in [-0.3, -0.25) is 13.9 Å². The van der Waals surface area contributed by atoms with E-state index in [2.05, 4.69) is 9.97 Å². The topological polar surface area (TPSA) is 110 Å². The summed E-state index contributed by atoms with van der Waals surface area (Å²) in [6, 6.07) is 9.03. The van der Waals surface area contributed by atoms with Gasteiger partial charge in [-0.1, -0.05) is 42.1 Å². The lowest BCUT2D eigenvalue weighted by molar-refractivity contribution is -0.304. The van der Waals surface area contributed by atoms with Crippen molar-refractivity contribution in [2.24, 2.45) is 14.1 Å². The number of carbonyl (C=O) groups excluding carboxylic acids is 1. The van der Waals surface area contributed by atoms with Gasteiger partial charge in [0.1, 0.15) is 10.4 Å². The SMILES string of the molecule is C[C@H](Sc1nc(-c2ccccc2)nc2c1c(=O)n(C)c(=O)n2C)C(=O)[O-]. The molecule has 2 heterocycles. The third-order valence-corrected chi connectivity index (χ3v) is 4.98. The molecule has 0 saturated carbocycles. The number of hydrogen-bond acceptors (Lipinski definition) is 7. The van der Waals surface area contributed by atoms with Gasteiger partial charge in [-0.15, -0.1) is 0 Å². The molecule has 0 fully saturated rings. The van der Waals surface area contributed by atoms with Gasteiger partial charge in [0.05, 0.1) is 5.97 Å². The Hall–Kier alpha value is -2.94. The molecule has 1 atom stereocenters. The quantitative estimate of drug-likeness (QED) is 0.466. The molecule has 0 bridgehead atoms. The van der Waals surface area contributed by atoms with Crippen LogP contribution >= 0.6 is 11.8 Å². The van der Waals surface area contributed by atoms with Gasteiger partial charge in [0.25, 0.3) is 5.56 Å². The molecule has 9 heteroatoms. The van der Waals surface area contributed by atoms with Crippen molar-refractivity contribution in [1.82, 2.24) is 19.1 Å². The second kappa shape index (κ2) is 6.75. The maximum atomic E-state index is 12.6. The Bertz CT molecular complexity index is 1120. The summed E-state index contributed by atoms with van der Waals surface area (Å²) in [6.07, 6.45) is 0. The van der Waals surface area contributed by atoms with Crippen LogP contribution < -0.4 is 16.4 Å². The van der Waals surface area contributed by atoms with Crippen LogP contribution in [0.2, 0.25) is 0 Å². The van der Waals surface area contributed by atoms with Crippen molar-refractivity contribution in [3.8, 4) is 11.4 Å². The number of rotatable bonds is 4. The number of aliphatic carboxylic acids is 1. The van der Waals surface area contributed by atoms with E-state index in [9.17, 15) is 19.5 Å². The monoisotopic (exact) mass is 371 g/mol. The average Bonchev–Trinajstić information content (AvgIpc) is 2.64. The number of carboxylic acid groups (broad SMARTS) is 1. The number of aromatic nitrogens is 4. The van der Waals surface area contributed by atoms with Gasteiger partial charge < -0.3 is 9.90 Å². The largest absolute Gasteiger partial charge is 0.549 e. The summed E-state index contributed by atoms with van der Waals surface area (Å²) in [4.78, 5) is 44.8. The fourth-order valence-electron chi connectivity index (χ4n) is 2.45. The number of carbonyl (C=O) groups is 1. The summed E-state index contributed by atoms with van der Waals surface area (Å²) in [6.45, 7) is 1.45. The van der Waals surface area contributed by atoms with E-state index >= 15 is 0 Å². The fraction of sp³-hybridized carbons (Fsp3) is 0.235. The van der Waals surface area contributed by atoms with Crippen LogP contribution in [0, 0.1) is 0 Å². The Balaban J connectivity index is 2.39. The molecule has 0 amide bonds. The summed E-state index contributed by atoms with van der Waals surface area (Å²) in [7, 11) is 2.86. The lowest BCUT2D eigenvalue weighted by Gasteiger charge is -2.15. The molecule has 0 radical (unpaired) electrons. The van der Waals surface area contributed by atoms with Crippen LogP contribution in [-0.4, -0.2) is 30.3 Å². The highest BCUT2D eigenvalue weighted by Gasteiger charge is 2.20. The number of fused-ring (bicyclic) bond motifs is 1. The van der Waals surface area contributed by atoms with Crippen molar-refractivity contribution in [1.29, 1.82) is 0 Å². The van der Waals surface area contributed by atoms with E-state index < -0.39 is 22.5 Å².